The molecule has 1 N–H and O–H groups in total. The summed E-state index contributed by atoms with van der Waals surface area (Å²) in [6.07, 6.45) is 4.81. The monoisotopic (exact) mass is 375 g/mol. The Morgan fingerprint density at radius 1 is 1.33 bits per heavy atom. The number of benzene rings is 1. The van der Waals surface area contributed by atoms with Gasteiger partial charge in [0.2, 0.25) is 5.91 Å². The number of carbonyl (C=O) groups excluding carboxylic acids is 1. The van der Waals surface area contributed by atoms with Crippen LogP contribution >= 0.6 is 0 Å². The van der Waals surface area contributed by atoms with E-state index in [1.807, 2.05) is 30.9 Å². The minimum atomic E-state index is -0.515. The molecule has 1 saturated heterocycles. The predicted octanol–water partition coefficient (Wildman–Crippen LogP) is 3.74. The first-order valence-electron chi connectivity index (χ1n) is 10.2. The molecule has 1 amide bonds. The minimum Gasteiger partial charge on any atom is -0.493 e. The van der Waals surface area contributed by atoms with Gasteiger partial charge < -0.3 is 19.5 Å². The van der Waals surface area contributed by atoms with Crippen molar-refractivity contribution < 1.29 is 19.4 Å². The lowest BCUT2D eigenvalue weighted by molar-refractivity contribution is -0.130. The Morgan fingerprint density at radius 3 is 2.63 bits per heavy atom. The molecule has 0 radical (unpaired) electrons. The maximum absolute atomic E-state index is 12.3. The summed E-state index contributed by atoms with van der Waals surface area (Å²) in [6, 6.07) is 6.06. The molecule has 2 fully saturated rings. The molecular weight excluding hydrogens is 342 g/mol. The highest BCUT2D eigenvalue weighted by Crippen LogP contribution is 2.47. The summed E-state index contributed by atoms with van der Waals surface area (Å²) in [4.78, 5) is 14.2. The first kappa shape index (κ1) is 20.0. The number of likely N-dealkylation sites (tertiary alicyclic amines) is 1. The molecule has 27 heavy (non-hydrogen) atoms. The quantitative estimate of drug-likeness (QED) is 0.823. The maximum atomic E-state index is 12.3. The second kappa shape index (κ2) is 8.09. The molecule has 1 saturated carbocycles. The van der Waals surface area contributed by atoms with Crippen molar-refractivity contribution >= 4 is 5.91 Å². The molecule has 1 aromatic rings. The Morgan fingerprint density at radius 2 is 2.04 bits per heavy atom. The molecular formula is C22H33NO4. The van der Waals surface area contributed by atoms with Crippen LogP contribution < -0.4 is 9.47 Å². The lowest BCUT2D eigenvalue weighted by atomic mass is 9.72. The summed E-state index contributed by atoms with van der Waals surface area (Å²) in [5, 5.41) is 10.5. The number of hydrogen-bond acceptors (Lipinski definition) is 4. The topological polar surface area (TPSA) is 59.0 Å². The fourth-order valence-electron chi connectivity index (χ4n) is 4.53. The third-order valence-corrected chi connectivity index (χ3v) is 6.53. The molecule has 0 aromatic heterocycles. The number of rotatable bonds is 6. The van der Waals surface area contributed by atoms with Crippen LogP contribution in [-0.2, 0) is 4.79 Å². The number of hydrogen-bond donors (Lipinski definition) is 1. The third kappa shape index (κ3) is 3.93. The molecule has 5 nitrogen and oxygen atoms in total. The fraction of sp³-hybridized carbons (Fsp3) is 0.682. The summed E-state index contributed by atoms with van der Waals surface area (Å²) in [6.45, 7) is 6.99. The van der Waals surface area contributed by atoms with E-state index in [9.17, 15) is 9.90 Å². The first-order valence-corrected chi connectivity index (χ1v) is 10.2. The van der Waals surface area contributed by atoms with Crippen LogP contribution in [0.5, 0.6) is 11.5 Å². The second-order valence-electron chi connectivity index (χ2n) is 8.30. The Labute approximate surface area is 162 Å². The van der Waals surface area contributed by atoms with E-state index in [1.54, 1.807) is 7.11 Å². The number of aliphatic hydroxyl groups is 1. The van der Waals surface area contributed by atoms with Crippen molar-refractivity contribution in [2.45, 2.75) is 71.0 Å². The SMILES string of the molecule is CCC(=O)N1C[C@@H](c2ccc(OC)c(OC3CCCC3)c2)[C@](C)(C(C)O)C1. The van der Waals surface area contributed by atoms with Gasteiger partial charge in [-0.1, -0.05) is 19.9 Å². The molecule has 0 spiro atoms. The lowest BCUT2D eigenvalue weighted by Crippen LogP contribution is -2.38. The van der Waals surface area contributed by atoms with Crippen molar-refractivity contribution in [3.8, 4) is 11.5 Å². The van der Waals surface area contributed by atoms with Crippen LogP contribution in [0.1, 0.15) is 64.4 Å². The zero-order valence-electron chi connectivity index (χ0n) is 17.0. The van der Waals surface area contributed by atoms with E-state index < -0.39 is 6.10 Å². The molecule has 3 rings (SSSR count). The summed E-state index contributed by atoms with van der Waals surface area (Å²) < 4.78 is 11.8. The van der Waals surface area contributed by atoms with Crippen molar-refractivity contribution in [3.63, 3.8) is 0 Å². The van der Waals surface area contributed by atoms with E-state index in [1.165, 1.54) is 12.8 Å². The number of methoxy groups -OCH3 is 1. The van der Waals surface area contributed by atoms with Crippen LogP contribution in [0.2, 0.25) is 0 Å². The molecule has 1 unspecified atom stereocenters. The molecule has 1 aromatic carbocycles. The van der Waals surface area contributed by atoms with Gasteiger partial charge >= 0.3 is 0 Å². The average Bonchev–Trinajstić information content (AvgIpc) is 3.29. The number of aliphatic hydroxyl groups excluding tert-OH is 1. The van der Waals surface area contributed by atoms with Crippen LogP contribution in [0.15, 0.2) is 18.2 Å². The zero-order valence-corrected chi connectivity index (χ0v) is 17.0. The van der Waals surface area contributed by atoms with Crippen LogP contribution in [0.4, 0.5) is 0 Å². The van der Waals surface area contributed by atoms with Crippen molar-refractivity contribution in [3.05, 3.63) is 23.8 Å². The average molecular weight is 376 g/mol. The number of nitrogens with zero attached hydrogens (tertiary/aromatic N) is 1. The van der Waals surface area contributed by atoms with Gasteiger partial charge in [0.1, 0.15) is 0 Å². The van der Waals surface area contributed by atoms with Crippen molar-refractivity contribution in [2.75, 3.05) is 20.2 Å². The minimum absolute atomic E-state index is 0.0600. The van der Waals surface area contributed by atoms with Crippen LogP contribution in [0.25, 0.3) is 0 Å². The van der Waals surface area contributed by atoms with E-state index in [2.05, 4.69) is 13.0 Å². The van der Waals surface area contributed by atoms with E-state index in [0.717, 1.165) is 29.9 Å². The van der Waals surface area contributed by atoms with Gasteiger partial charge in [-0.15, -0.1) is 0 Å². The third-order valence-electron chi connectivity index (χ3n) is 6.53. The summed E-state index contributed by atoms with van der Waals surface area (Å²) >= 11 is 0. The van der Waals surface area contributed by atoms with Crippen molar-refractivity contribution in [1.29, 1.82) is 0 Å². The molecule has 3 atom stereocenters. The number of carbonyl (C=O) groups is 1. The number of amides is 1. The molecule has 2 aliphatic rings. The van der Waals surface area contributed by atoms with Gasteiger partial charge in [-0.2, -0.15) is 0 Å². The molecule has 0 bridgehead atoms. The number of ether oxygens (including phenoxy) is 2. The van der Waals surface area contributed by atoms with Crippen LogP contribution in [0, 0.1) is 5.41 Å². The standard InChI is InChI=1S/C22H33NO4/c1-5-21(25)23-13-18(22(3,14-23)15(2)24)16-10-11-19(26-4)20(12-16)27-17-8-6-7-9-17/h10-12,15,17-18,24H,5-9,13-14H2,1-4H3/t15?,18-,22-/m0/s1. The summed E-state index contributed by atoms with van der Waals surface area (Å²) in [7, 11) is 1.66. The zero-order chi connectivity index (χ0) is 19.6. The van der Waals surface area contributed by atoms with E-state index in [-0.39, 0.29) is 23.3 Å². The van der Waals surface area contributed by atoms with Gasteiger partial charge in [0.15, 0.2) is 11.5 Å². The highest BCUT2D eigenvalue weighted by atomic mass is 16.5. The molecule has 150 valence electrons. The Hall–Kier alpha value is -1.75. The smallest absolute Gasteiger partial charge is 0.222 e. The Kier molecular flexibility index (Phi) is 5.99. The van der Waals surface area contributed by atoms with Crippen molar-refractivity contribution in [2.24, 2.45) is 5.41 Å². The highest BCUT2D eigenvalue weighted by Gasteiger charge is 2.48. The fourth-order valence-corrected chi connectivity index (χ4v) is 4.53. The van der Waals surface area contributed by atoms with Gasteiger partial charge in [-0.3, -0.25) is 4.79 Å². The van der Waals surface area contributed by atoms with Gasteiger partial charge in [0.05, 0.1) is 19.3 Å². The molecule has 5 heteroatoms. The second-order valence-corrected chi connectivity index (χ2v) is 8.30. The van der Waals surface area contributed by atoms with E-state index in [0.29, 0.717) is 19.5 Å². The summed E-state index contributed by atoms with van der Waals surface area (Å²) in [5.41, 5.74) is 0.711. The van der Waals surface area contributed by atoms with Crippen molar-refractivity contribution in [1.82, 2.24) is 4.90 Å². The maximum Gasteiger partial charge on any atom is 0.222 e. The van der Waals surface area contributed by atoms with Gasteiger partial charge in [-0.25, -0.2) is 0 Å². The van der Waals surface area contributed by atoms with Gasteiger partial charge in [0.25, 0.3) is 0 Å². The Bertz CT molecular complexity index is 668. The normalized spacial score (nSPS) is 27.0. The molecule has 1 aliphatic heterocycles. The summed E-state index contributed by atoms with van der Waals surface area (Å²) in [5.74, 6) is 1.71. The van der Waals surface area contributed by atoms with Crippen LogP contribution in [-0.4, -0.2) is 48.3 Å². The van der Waals surface area contributed by atoms with Gasteiger partial charge in [-0.05, 0) is 50.3 Å². The van der Waals surface area contributed by atoms with E-state index >= 15 is 0 Å². The van der Waals surface area contributed by atoms with Crippen LogP contribution in [0.3, 0.4) is 0 Å². The largest absolute Gasteiger partial charge is 0.493 e. The predicted molar refractivity (Wildman–Crippen MR) is 105 cm³/mol. The highest BCUT2D eigenvalue weighted by molar-refractivity contribution is 5.76. The van der Waals surface area contributed by atoms with Gasteiger partial charge in [0, 0.05) is 30.8 Å². The van der Waals surface area contributed by atoms with E-state index in [4.69, 9.17) is 9.47 Å². The Balaban J connectivity index is 1.91. The molecule has 1 heterocycles. The first-order chi connectivity index (χ1) is 12.9. The lowest BCUT2D eigenvalue weighted by Gasteiger charge is -2.34. The molecule has 1 aliphatic carbocycles.